The first-order chi connectivity index (χ1) is 13.0. The summed E-state index contributed by atoms with van der Waals surface area (Å²) in [4.78, 5) is 11.3. The van der Waals surface area contributed by atoms with Crippen molar-refractivity contribution in [1.29, 1.82) is 0 Å². The van der Waals surface area contributed by atoms with E-state index in [0.29, 0.717) is 22.8 Å². The van der Waals surface area contributed by atoms with Crippen molar-refractivity contribution in [3.8, 4) is 23.0 Å². The third-order valence-electron chi connectivity index (χ3n) is 4.16. The lowest BCUT2D eigenvalue weighted by Crippen LogP contribution is -2.36. The molecule has 0 radical (unpaired) electrons. The van der Waals surface area contributed by atoms with Crippen LogP contribution in [-0.4, -0.2) is 43.1 Å². The fourth-order valence-corrected chi connectivity index (χ4v) is 2.77. The standard InChI is InChI=1S/C20H20O7/c1-24-16-10-13(5-6-14(16)22)20-18(11-21)26-15-7-3-12(9-17(15)27-20)4-8-19(23)25-2/h3-10,18,20-22H,11H2,1-2H3/b8-4+/t18-,20-/m0/s1. The maximum Gasteiger partial charge on any atom is 0.330 e. The Bertz CT molecular complexity index is 859. The van der Waals surface area contributed by atoms with Gasteiger partial charge in [-0.3, -0.25) is 0 Å². The highest BCUT2D eigenvalue weighted by Crippen LogP contribution is 2.41. The molecule has 0 aromatic heterocycles. The normalized spacial score (nSPS) is 18.3. The van der Waals surface area contributed by atoms with Gasteiger partial charge in [0.15, 0.2) is 35.2 Å². The molecule has 0 saturated carbocycles. The van der Waals surface area contributed by atoms with Gasteiger partial charge in [-0.05, 0) is 35.9 Å². The topological polar surface area (TPSA) is 94.5 Å². The first kappa shape index (κ1) is 18.6. The Labute approximate surface area is 156 Å². The summed E-state index contributed by atoms with van der Waals surface area (Å²) in [5.74, 6) is 0.817. The summed E-state index contributed by atoms with van der Waals surface area (Å²) in [6.45, 7) is -0.253. The van der Waals surface area contributed by atoms with Crippen molar-refractivity contribution in [2.45, 2.75) is 12.2 Å². The predicted octanol–water partition coefficient (Wildman–Crippen LogP) is 2.46. The summed E-state index contributed by atoms with van der Waals surface area (Å²) in [5.41, 5.74) is 1.41. The largest absolute Gasteiger partial charge is 0.504 e. The average molecular weight is 372 g/mol. The van der Waals surface area contributed by atoms with Crippen LogP contribution in [-0.2, 0) is 9.53 Å². The number of ether oxygens (including phenoxy) is 4. The zero-order valence-electron chi connectivity index (χ0n) is 14.9. The smallest absolute Gasteiger partial charge is 0.330 e. The lowest BCUT2D eigenvalue weighted by Gasteiger charge is -2.33. The van der Waals surface area contributed by atoms with Crippen LogP contribution in [0, 0.1) is 0 Å². The van der Waals surface area contributed by atoms with Gasteiger partial charge in [-0.2, -0.15) is 0 Å². The quantitative estimate of drug-likeness (QED) is 0.615. The van der Waals surface area contributed by atoms with Crippen molar-refractivity contribution >= 4 is 12.0 Å². The second-order valence-electron chi connectivity index (χ2n) is 5.87. The Balaban J connectivity index is 1.91. The molecule has 1 heterocycles. The molecule has 142 valence electrons. The molecule has 0 aliphatic carbocycles. The van der Waals surface area contributed by atoms with Crippen molar-refractivity contribution in [3.63, 3.8) is 0 Å². The van der Waals surface area contributed by atoms with Crippen LogP contribution in [0.2, 0.25) is 0 Å². The molecule has 0 unspecified atom stereocenters. The van der Waals surface area contributed by atoms with Gasteiger partial charge in [0.1, 0.15) is 0 Å². The Kier molecular flexibility index (Phi) is 5.52. The highest BCUT2D eigenvalue weighted by Gasteiger charge is 2.33. The Morgan fingerprint density at radius 3 is 2.67 bits per heavy atom. The van der Waals surface area contributed by atoms with E-state index in [-0.39, 0.29) is 12.4 Å². The first-order valence-electron chi connectivity index (χ1n) is 8.27. The van der Waals surface area contributed by atoms with Crippen LogP contribution >= 0.6 is 0 Å². The second kappa shape index (κ2) is 8.01. The van der Waals surface area contributed by atoms with Crippen LogP contribution in [0.1, 0.15) is 17.2 Å². The molecule has 2 N–H and O–H groups in total. The van der Waals surface area contributed by atoms with Gasteiger partial charge in [0.05, 0.1) is 20.8 Å². The lowest BCUT2D eigenvalue weighted by atomic mass is 10.0. The summed E-state index contributed by atoms with van der Waals surface area (Å²) >= 11 is 0. The van der Waals surface area contributed by atoms with E-state index in [0.717, 1.165) is 5.56 Å². The molecule has 27 heavy (non-hydrogen) atoms. The van der Waals surface area contributed by atoms with Crippen molar-refractivity contribution in [3.05, 3.63) is 53.6 Å². The Morgan fingerprint density at radius 1 is 1.15 bits per heavy atom. The number of aliphatic hydroxyl groups is 1. The summed E-state index contributed by atoms with van der Waals surface area (Å²) in [6.07, 6.45) is 1.69. The molecule has 7 nitrogen and oxygen atoms in total. The van der Waals surface area contributed by atoms with E-state index < -0.39 is 18.2 Å². The van der Waals surface area contributed by atoms with Crippen LogP contribution in [0.4, 0.5) is 0 Å². The molecule has 0 bridgehead atoms. The maximum absolute atomic E-state index is 11.3. The SMILES string of the molecule is COC(=O)/C=C/c1ccc2c(c1)O[C@@H](c1ccc(O)c(OC)c1)[C@H](CO)O2. The van der Waals surface area contributed by atoms with Gasteiger partial charge in [-0.25, -0.2) is 4.79 Å². The predicted molar refractivity (Wildman–Crippen MR) is 97.0 cm³/mol. The van der Waals surface area contributed by atoms with Crippen LogP contribution in [0.25, 0.3) is 6.08 Å². The molecule has 3 rings (SSSR count). The van der Waals surface area contributed by atoms with Crippen molar-refractivity contribution in [1.82, 2.24) is 0 Å². The van der Waals surface area contributed by atoms with Crippen molar-refractivity contribution in [2.24, 2.45) is 0 Å². The van der Waals surface area contributed by atoms with E-state index in [9.17, 15) is 15.0 Å². The van der Waals surface area contributed by atoms with Gasteiger partial charge in [0.2, 0.25) is 0 Å². The van der Waals surface area contributed by atoms with Crippen molar-refractivity contribution in [2.75, 3.05) is 20.8 Å². The molecule has 2 aromatic carbocycles. The Hall–Kier alpha value is -3.19. The number of phenols is 1. The van der Waals surface area contributed by atoms with E-state index in [4.69, 9.17) is 14.2 Å². The number of methoxy groups -OCH3 is 2. The zero-order valence-corrected chi connectivity index (χ0v) is 14.9. The van der Waals surface area contributed by atoms with Gasteiger partial charge >= 0.3 is 5.97 Å². The van der Waals surface area contributed by atoms with E-state index in [1.807, 2.05) is 0 Å². The number of phenolic OH excluding ortho intramolecular Hbond substituents is 1. The number of aromatic hydroxyl groups is 1. The van der Waals surface area contributed by atoms with Crippen LogP contribution in [0.5, 0.6) is 23.0 Å². The van der Waals surface area contributed by atoms with Gasteiger partial charge < -0.3 is 29.2 Å². The molecule has 0 saturated heterocycles. The number of esters is 1. The summed E-state index contributed by atoms with van der Waals surface area (Å²) < 4.78 is 21.6. The number of rotatable bonds is 5. The van der Waals surface area contributed by atoms with Crippen LogP contribution < -0.4 is 14.2 Å². The molecular formula is C20H20O7. The molecule has 7 heteroatoms. The molecule has 2 atom stereocenters. The number of fused-ring (bicyclic) bond motifs is 1. The number of carbonyl (C=O) groups is 1. The van der Waals surface area contributed by atoms with E-state index in [1.165, 1.54) is 26.4 Å². The third kappa shape index (κ3) is 3.98. The van der Waals surface area contributed by atoms with Crippen molar-refractivity contribution < 1.29 is 34.0 Å². The summed E-state index contributed by atoms with van der Waals surface area (Å²) in [7, 11) is 2.76. The molecule has 0 amide bonds. The number of hydrogen-bond acceptors (Lipinski definition) is 7. The molecule has 1 aliphatic rings. The Morgan fingerprint density at radius 2 is 1.96 bits per heavy atom. The number of aliphatic hydroxyl groups excluding tert-OH is 1. The fraction of sp³-hybridized carbons (Fsp3) is 0.250. The monoisotopic (exact) mass is 372 g/mol. The number of benzene rings is 2. The summed E-state index contributed by atoms with van der Waals surface area (Å²) in [6, 6.07) is 10.0. The highest BCUT2D eigenvalue weighted by molar-refractivity contribution is 5.87. The van der Waals surface area contributed by atoms with Crippen LogP contribution in [0.15, 0.2) is 42.5 Å². The average Bonchev–Trinajstić information content (AvgIpc) is 2.71. The third-order valence-corrected chi connectivity index (χ3v) is 4.16. The fourth-order valence-electron chi connectivity index (χ4n) is 2.77. The molecular weight excluding hydrogens is 352 g/mol. The van der Waals surface area contributed by atoms with E-state index >= 15 is 0 Å². The number of carbonyl (C=O) groups excluding carboxylic acids is 1. The molecule has 1 aliphatic heterocycles. The maximum atomic E-state index is 11.3. The summed E-state index contributed by atoms with van der Waals surface area (Å²) in [5, 5.41) is 19.5. The second-order valence-corrected chi connectivity index (χ2v) is 5.87. The minimum Gasteiger partial charge on any atom is -0.504 e. The van der Waals surface area contributed by atoms with E-state index in [1.54, 1.807) is 36.4 Å². The molecule has 0 spiro atoms. The van der Waals surface area contributed by atoms with Gasteiger partial charge in [-0.1, -0.05) is 12.1 Å². The molecule has 2 aromatic rings. The molecule has 0 fully saturated rings. The van der Waals surface area contributed by atoms with E-state index in [2.05, 4.69) is 4.74 Å². The van der Waals surface area contributed by atoms with Gasteiger partial charge in [-0.15, -0.1) is 0 Å². The van der Waals surface area contributed by atoms with Gasteiger partial charge in [0.25, 0.3) is 0 Å². The first-order valence-corrected chi connectivity index (χ1v) is 8.27. The van der Waals surface area contributed by atoms with Gasteiger partial charge in [0, 0.05) is 11.6 Å². The minimum absolute atomic E-state index is 0.00848. The zero-order chi connectivity index (χ0) is 19.4. The number of hydrogen-bond donors (Lipinski definition) is 2. The van der Waals surface area contributed by atoms with Crippen LogP contribution in [0.3, 0.4) is 0 Å². The minimum atomic E-state index is -0.622. The lowest BCUT2D eigenvalue weighted by molar-refractivity contribution is -0.134. The highest BCUT2D eigenvalue weighted by atomic mass is 16.6.